The molecule has 0 unspecified atom stereocenters. The lowest BCUT2D eigenvalue weighted by Crippen LogP contribution is -2.34. The number of likely N-dealkylation sites (tertiary alicyclic amines) is 1. The number of hydrogen-bond acceptors (Lipinski definition) is 3. The van der Waals surface area contributed by atoms with E-state index in [1.54, 1.807) is 32.0 Å². The summed E-state index contributed by atoms with van der Waals surface area (Å²) in [6.07, 6.45) is 2.73. The van der Waals surface area contributed by atoms with Gasteiger partial charge >= 0.3 is 5.97 Å². The molecule has 0 spiro atoms. The molecule has 0 aliphatic carbocycles. The number of nitrogens with one attached hydrogen (secondary N) is 1. The van der Waals surface area contributed by atoms with Crippen LogP contribution < -0.4 is 5.32 Å². The van der Waals surface area contributed by atoms with Crippen LogP contribution in [0.3, 0.4) is 0 Å². The second-order valence-electron chi connectivity index (χ2n) is 6.99. The van der Waals surface area contributed by atoms with E-state index in [2.05, 4.69) is 5.32 Å². The zero-order valence-corrected chi connectivity index (χ0v) is 15.8. The Morgan fingerprint density at radius 2 is 1.77 bits per heavy atom. The van der Waals surface area contributed by atoms with Crippen LogP contribution in [0, 0.1) is 12.3 Å². The number of carbonyl (C=O) groups is 3. The van der Waals surface area contributed by atoms with Crippen LogP contribution in [0.5, 0.6) is 0 Å². The maximum Gasteiger partial charge on any atom is 0.310 e. The van der Waals surface area contributed by atoms with Crippen molar-refractivity contribution >= 4 is 23.5 Å². The highest BCUT2D eigenvalue weighted by atomic mass is 16.4. The third-order valence-electron chi connectivity index (χ3n) is 5.54. The summed E-state index contributed by atoms with van der Waals surface area (Å²) in [6, 6.07) is 5.26. The molecule has 1 fully saturated rings. The van der Waals surface area contributed by atoms with Crippen LogP contribution in [0.1, 0.15) is 61.9 Å². The molecule has 1 saturated heterocycles. The van der Waals surface area contributed by atoms with Gasteiger partial charge in [0, 0.05) is 30.8 Å². The van der Waals surface area contributed by atoms with Gasteiger partial charge in [0.2, 0.25) is 5.91 Å². The number of anilines is 1. The Hall–Kier alpha value is -2.37. The minimum atomic E-state index is -1.05. The molecule has 0 saturated carbocycles. The van der Waals surface area contributed by atoms with Crippen LogP contribution in [0.2, 0.25) is 0 Å². The Labute approximate surface area is 154 Å². The van der Waals surface area contributed by atoms with Crippen molar-refractivity contribution < 1.29 is 19.5 Å². The Balaban J connectivity index is 2.16. The zero-order valence-electron chi connectivity index (χ0n) is 15.8. The molecule has 0 aromatic heterocycles. The smallest absolute Gasteiger partial charge is 0.310 e. The largest absolute Gasteiger partial charge is 0.481 e. The van der Waals surface area contributed by atoms with Crippen LogP contribution in [0.4, 0.5) is 5.69 Å². The van der Waals surface area contributed by atoms with E-state index in [0.717, 1.165) is 25.9 Å². The number of amides is 2. The van der Waals surface area contributed by atoms with E-state index in [9.17, 15) is 19.5 Å². The number of carbonyl (C=O) groups excluding carboxylic acids is 2. The lowest BCUT2D eigenvalue weighted by Gasteiger charge is -2.26. The molecule has 0 bridgehead atoms. The van der Waals surface area contributed by atoms with Crippen molar-refractivity contribution in [2.75, 3.05) is 18.4 Å². The van der Waals surface area contributed by atoms with Crippen LogP contribution >= 0.6 is 0 Å². The number of hydrogen-bond donors (Lipinski definition) is 2. The molecular weight excluding hydrogens is 332 g/mol. The lowest BCUT2D eigenvalue weighted by molar-refractivity contribution is -0.151. The van der Waals surface area contributed by atoms with E-state index >= 15 is 0 Å². The molecule has 26 heavy (non-hydrogen) atoms. The first-order valence-corrected chi connectivity index (χ1v) is 9.26. The minimum absolute atomic E-state index is 0.0156. The molecule has 2 N–H and O–H groups in total. The average Bonchev–Trinajstić information content (AvgIpc) is 3.15. The molecule has 1 heterocycles. The topological polar surface area (TPSA) is 86.7 Å². The quantitative estimate of drug-likeness (QED) is 0.780. The van der Waals surface area contributed by atoms with Crippen molar-refractivity contribution in [3.8, 4) is 0 Å². The zero-order chi connectivity index (χ0) is 19.3. The second-order valence-corrected chi connectivity index (χ2v) is 6.99. The predicted molar refractivity (Wildman–Crippen MR) is 100 cm³/mol. The Morgan fingerprint density at radius 1 is 1.15 bits per heavy atom. The fraction of sp³-hybridized carbons (Fsp3) is 0.550. The van der Waals surface area contributed by atoms with Gasteiger partial charge in [-0.25, -0.2) is 0 Å². The van der Waals surface area contributed by atoms with Crippen LogP contribution in [-0.2, 0) is 9.59 Å². The third kappa shape index (κ3) is 4.06. The molecule has 6 nitrogen and oxygen atoms in total. The molecule has 1 aliphatic heterocycles. The van der Waals surface area contributed by atoms with Crippen molar-refractivity contribution in [1.29, 1.82) is 0 Å². The van der Waals surface area contributed by atoms with Crippen molar-refractivity contribution in [3.63, 3.8) is 0 Å². The summed E-state index contributed by atoms with van der Waals surface area (Å²) in [6.45, 7) is 6.91. The van der Waals surface area contributed by atoms with Crippen molar-refractivity contribution in [2.45, 2.75) is 52.9 Å². The Kier molecular flexibility index (Phi) is 6.40. The lowest BCUT2D eigenvalue weighted by atomic mass is 9.79. The Morgan fingerprint density at radius 3 is 2.31 bits per heavy atom. The van der Waals surface area contributed by atoms with Gasteiger partial charge in [-0.2, -0.15) is 0 Å². The highest BCUT2D eigenvalue weighted by Gasteiger charge is 2.37. The van der Waals surface area contributed by atoms with Gasteiger partial charge in [0.05, 0.1) is 5.41 Å². The van der Waals surface area contributed by atoms with E-state index < -0.39 is 11.4 Å². The standard InChI is InChI=1S/C20H28N2O4/c1-4-20(5-2,19(25)26)13-17(23)21-16-10-8-9-15(14(16)3)18(24)22-11-6-7-12-22/h8-10H,4-7,11-13H2,1-3H3,(H,21,23)(H,25,26). The summed E-state index contributed by atoms with van der Waals surface area (Å²) in [5.74, 6) is -1.31. The fourth-order valence-electron chi connectivity index (χ4n) is 3.47. The summed E-state index contributed by atoms with van der Waals surface area (Å²) in [7, 11) is 0. The van der Waals surface area contributed by atoms with Gasteiger partial charge < -0.3 is 15.3 Å². The second kappa shape index (κ2) is 8.34. The minimum Gasteiger partial charge on any atom is -0.481 e. The number of nitrogens with zero attached hydrogens (tertiary/aromatic N) is 1. The van der Waals surface area contributed by atoms with Gasteiger partial charge in [0.1, 0.15) is 0 Å². The van der Waals surface area contributed by atoms with Crippen LogP contribution in [-0.4, -0.2) is 40.9 Å². The summed E-state index contributed by atoms with van der Waals surface area (Å²) in [5.41, 5.74) is 0.805. The summed E-state index contributed by atoms with van der Waals surface area (Å²) in [4.78, 5) is 38.6. The van der Waals surface area contributed by atoms with Gasteiger partial charge in [-0.1, -0.05) is 19.9 Å². The van der Waals surface area contributed by atoms with E-state index in [1.165, 1.54) is 0 Å². The van der Waals surface area contributed by atoms with Crippen LogP contribution in [0.15, 0.2) is 18.2 Å². The highest BCUT2D eigenvalue weighted by molar-refractivity contribution is 6.00. The van der Waals surface area contributed by atoms with E-state index in [4.69, 9.17) is 0 Å². The van der Waals surface area contributed by atoms with E-state index in [1.807, 2.05) is 11.8 Å². The SMILES string of the molecule is CCC(CC)(CC(=O)Nc1cccc(C(=O)N2CCCC2)c1C)C(=O)O. The van der Waals surface area contributed by atoms with Gasteiger partial charge in [-0.3, -0.25) is 14.4 Å². The highest BCUT2D eigenvalue weighted by Crippen LogP contribution is 2.32. The summed E-state index contributed by atoms with van der Waals surface area (Å²) in [5, 5.41) is 12.3. The number of carboxylic acids is 1. The summed E-state index contributed by atoms with van der Waals surface area (Å²) >= 11 is 0. The van der Waals surface area contributed by atoms with Gasteiger partial charge in [0.25, 0.3) is 5.91 Å². The predicted octanol–water partition coefficient (Wildman–Crippen LogP) is 3.45. The molecule has 0 radical (unpaired) electrons. The van der Waals surface area contributed by atoms with Gasteiger partial charge in [-0.05, 0) is 50.3 Å². The maximum atomic E-state index is 12.7. The summed E-state index contributed by atoms with van der Waals surface area (Å²) < 4.78 is 0. The maximum absolute atomic E-state index is 12.7. The monoisotopic (exact) mass is 360 g/mol. The molecule has 1 aliphatic rings. The number of aliphatic carboxylic acids is 1. The number of carboxylic acid groups (broad SMARTS) is 1. The molecule has 1 aromatic rings. The number of benzene rings is 1. The average molecular weight is 360 g/mol. The first-order valence-electron chi connectivity index (χ1n) is 9.26. The molecular formula is C20H28N2O4. The van der Waals surface area contributed by atoms with Gasteiger partial charge in [-0.15, -0.1) is 0 Å². The molecule has 6 heteroatoms. The van der Waals surface area contributed by atoms with Crippen molar-refractivity contribution in [1.82, 2.24) is 4.90 Å². The Bertz CT molecular complexity index is 689. The molecule has 2 amide bonds. The van der Waals surface area contributed by atoms with Crippen LogP contribution in [0.25, 0.3) is 0 Å². The molecule has 0 atom stereocenters. The van der Waals surface area contributed by atoms with E-state index in [-0.39, 0.29) is 18.2 Å². The molecule has 142 valence electrons. The van der Waals surface area contributed by atoms with E-state index in [0.29, 0.717) is 29.7 Å². The fourth-order valence-corrected chi connectivity index (χ4v) is 3.47. The van der Waals surface area contributed by atoms with Crippen molar-refractivity contribution in [2.24, 2.45) is 5.41 Å². The third-order valence-corrected chi connectivity index (χ3v) is 5.54. The normalized spacial score (nSPS) is 14.3. The molecule has 2 rings (SSSR count). The van der Waals surface area contributed by atoms with Gasteiger partial charge in [0.15, 0.2) is 0 Å². The van der Waals surface area contributed by atoms with Crippen molar-refractivity contribution in [3.05, 3.63) is 29.3 Å². The first-order chi connectivity index (χ1) is 12.3. The first kappa shape index (κ1) is 19.9. The number of rotatable bonds is 7. The molecule has 1 aromatic carbocycles.